The van der Waals surface area contributed by atoms with Crippen molar-refractivity contribution in [3.8, 4) is 5.75 Å². The van der Waals surface area contributed by atoms with E-state index in [1.807, 2.05) is 79.8 Å². The first-order valence-electron chi connectivity index (χ1n) is 12.2. The zero-order valence-electron chi connectivity index (χ0n) is 21.0. The highest BCUT2D eigenvalue weighted by Gasteiger charge is 2.24. The molecule has 9 nitrogen and oxygen atoms in total. The van der Waals surface area contributed by atoms with E-state index in [0.29, 0.717) is 25.2 Å². The Balaban J connectivity index is 1.33. The van der Waals surface area contributed by atoms with Crippen LogP contribution in [-0.2, 0) is 29.0 Å². The summed E-state index contributed by atoms with van der Waals surface area (Å²) in [5, 5.41) is 12.4. The summed E-state index contributed by atoms with van der Waals surface area (Å²) in [4.78, 5) is 32.6. The van der Waals surface area contributed by atoms with Gasteiger partial charge >= 0.3 is 11.9 Å². The Morgan fingerprint density at radius 3 is 2.50 bits per heavy atom. The number of rotatable bonds is 13. The van der Waals surface area contributed by atoms with Gasteiger partial charge in [-0.1, -0.05) is 48.5 Å². The lowest BCUT2D eigenvalue weighted by atomic mass is 9.96. The number of nitrogens with one attached hydrogen (secondary N) is 1. The van der Waals surface area contributed by atoms with Gasteiger partial charge in [-0.2, -0.15) is 0 Å². The van der Waals surface area contributed by atoms with Crippen LogP contribution in [0.1, 0.15) is 45.5 Å². The molecule has 2 N–H and O–H groups in total. The van der Waals surface area contributed by atoms with E-state index in [4.69, 9.17) is 13.9 Å². The number of anilines is 1. The summed E-state index contributed by atoms with van der Waals surface area (Å²) in [7, 11) is 1.83. The van der Waals surface area contributed by atoms with Gasteiger partial charge < -0.3 is 24.3 Å². The number of oxazole rings is 1. The fraction of sp³-hybridized carbons (Fsp3) is 0.241. The van der Waals surface area contributed by atoms with Gasteiger partial charge in [0.15, 0.2) is 11.6 Å². The van der Waals surface area contributed by atoms with Crippen molar-refractivity contribution in [2.24, 2.45) is 0 Å². The van der Waals surface area contributed by atoms with Gasteiger partial charge in [0, 0.05) is 19.2 Å². The molecule has 0 fully saturated rings. The van der Waals surface area contributed by atoms with Crippen LogP contribution in [0.2, 0.25) is 0 Å². The van der Waals surface area contributed by atoms with Crippen LogP contribution in [0.25, 0.3) is 0 Å². The van der Waals surface area contributed by atoms with E-state index in [1.54, 1.807) is 0 Å². The smallest absolute Gasteiger partial charge is 0.360 e. The molecule has 0 saturated heterocycles. The van der Waals surface area contributed by atoms with Crippen LogP contribution in [0.5, 0.6) is 5.75 Å². The Bertz CT molecular complexity index is 1340. The highest BCUT2D eigenvalue weighted by Crippen LogP contribution is 2.26. The SMILES string of the molecule is CNc1cccc(CCOc2ccc(CC(CC(=O)O)c3nc(C(=O)OCc4ccccc4)co3)cc2)n1. The van der Waals surface area contributed by atoms with Crippen molar-refractivity contribution in [1.29, 1.82) is 0 Å². The first-order chi connectivity index (χ1) is 18.5. The number of ether oxygens (including phenoxy) is 2. The van der Waals surface area contributed by atoms with Gasteiger partial charge in [-0.3, -0.25) is 4.79 Å². The van der Waals surface area contributed by atoms with E-state index < -0.39 is 17.9 Å². The highest BCUT2D eigenvalue weighted by atomic mass is 16.5. The number of benzene rings is 2. The van der Waals surface area contributed by atoms with Gasteiger partial charge in [0.2, 0.25) is 0 Å². The van der Waals surface area contributed by atoms with Crippen LogP contribution < -0.4 is 10.1 Å². The molecule has 0 aliphatic rings. The number of nitrogens with zero attached hydrogens (tertiary/aromatic N) is 2. The van der Waals surface area contributed by atoms with E-state index >= 15 is 0 Å². The lowest BCUT2D eigenvalue weighted by molar-refractivity contribution is -0.137. The third-order valence-electron chi connectivity index (χ3n) is 5.81. The van der Waals surface area contributed by atoms with Crippen molar-refractivity contribution >= 4 is 17.8 Å². The first-order valence-corrected chi connectivity index (χ1v) is 12.2. The van der Waals surface area contributed by atoms with E-state index in [-0.39, 0.29) is 24.6 Å². The molecule has 1 unspecified atom stereocenters. The normalized spacial score (nSPS) is 11.5. The van der Waals surface area contributed by atoms with Crippen LogP contribution in [0.15, 0.2) is 83.5 Å². The summed E-state index contributed by atoms with van der Waals surface area (Å²) in [6, 6.07) is 22.5. The number of pyridine rings is 1. The average Bonchev–Trinajstić information content (AvgIpc) is 3.43. The number of carboxylic acid groups (broad SMARTS) is 1. The number of carbonyl (C=O) groups excluding carboxylic acids is 1. The van der Waals surface area contributed by atoms with Gasteiger partial charge in [-0.05, 0) is 41.8 Å². The molecule has 2 aromatic carbocycles. The highest BCUT2D eigenvalue weighted by molar-refractivity contribution is 5.86. The van der Waals surface area contributed by atoms with Crippen LogP contribution >= 0.6 is 0 Å². The van der Waals surface area contributed by atoms with E-state index in [9.17, 15) is 14.7 Å². The summed E-state index contributed by atoms with van der Waals surface area (Å²) in [6.07, 6.45) is 2.04. The van der Waals surface area contributed by atoms with Crippen molar-refractivity contribution in [3.63, 3.8) is 0 Å². The number of aliphatic carboxylic acids is 1. The molecule has 38 heavy (non-hydrogen) atoms. The van der Waals surface area contributed by atoms with Crippen LogP contribution in [0, 0.1) is 0 Å². The van der Waals surface area contributed by atoms with Crippen molar-refractivity contribution in [1.82, 2.24) is 9.97 Å². The topological polar surface area (TPSA) is 124 Å². The maximum absolute atomic E-state index is 12.4. The van der Waals surface area contributed by atoms with Crippen LogP contribution in [0.3, 0.4) is 0 Å². The molecular formula is C29H29N3O6. The number of carboxylic acids is 1. The molecule has 2 aromatic heterocycles. The molecule has 0 radical (unpaired) electrons. The third-order valence-corrected chi connectivity index (χ3v) is 5.81. The largest absolute Gasteiger partial charge is 0.493 e. The quantitative estimate of drug-likeness (QED) is 0.240. The minimum atomic E-state index is -0.989. The van der Waals surface area contributed by atoms with Crippen LogP contribution in [-0.4, -0.2) is 40.7 Å². The molecule has 9 heteroatoms. The second-order valence-corrected chi connectivity index (χ2v) is 8.64. The fourth-order valence-corrected chi connectivity index (χ4v) is 3.86. The molecule has 1 atom stereocenters. The van der Waals surface area contributed by atoms with Crippen molar-refractivity contribution in [3.05, 3.63) is 107 Å². The summed E-state index contributed by atoms with van der Waals surface area (Å²) in [6.45, 7) is 0.578. The van der Waals surface area contributed by atoms with Gasteiger partial charge in [0.25, 0.3) is 0 Å². The van der Waals surface area contributed by atoms with Crippen LogP contribution in [0.4, 0.5) is 5.82 Å². The van der Waals surface area contributed by atoms with Crippen molar-refractivity contribution in [2.45, 2.75) is 31.8 Å². The number of aromatic nitrogens is 2. The Morgan fingerprint density at radius 1 is 0.974 bits per heavy atom. The summed E-state index contributed by atoms with van der Waals surface area (Å²) >= 11 is 0. The number of hydrogen-bond acceptors (Lipinski definition) is 8. The summed E-state index contributed by atoms with van der Waals surface area (Å²) in [5.41, 5.74) is 2.67. The minimum absolute atomic E-state index is 0.00446. The zero-order chi connectivity index (χ0) is 26.7. The zero-order valence-corrected chi connectivity index (χ0v) is 21.0. The Kier molecular flexibility index (Phi) is 9.07. The van der Waals surface area contributed by atoms with Crippen molar-refractivity contribution < 1.29 is 28.6 Å². The maximum atomic E-state index is 12.4. The summed E-state index contributed by atoms with van der Waals surface area (Å²) < 4.78 is 16.6. The lowest BCUT2D eigenvalue weighted by Gasteiger charge is -2.12. The Morgan fingerprint density at radius 2 is 1.76 bits per heavy atom. The van der Waals surface area contributed by atoms with Crippen molar-refractivity contribution in [2.75, 3.05) is 19.0 Å². The van der Waals surface area contributed by atoms with Gasteiger partial charge in [0.1, 0.15) is 24.4 Å². The first kappa shape index (κ1) is 26.4. The molecule has 0 bridgehead atoms. The molecular weight excluding hydrogens is 486 g/mol. The Hall–Kier alpha value is -4.66. The molecule has 196 valence electrons. The van der Waals surface area contributed by atoms with E-state index in [2.05, 4.69) is 15.3 Å². The standard InChI is InChI=1S/C29H29N3O6/c1-30-26-9-5-8-23(31-26)14-15-36-24-12-10-20(11-13-24)16-22(17-27(33)34)28-32-25(19-37-28)29(35)38-18-21-6-3-2-4-7-21/h2-13,19,22H,14-18H2,1H3,(H,30,31)(H,33,34). The molecule has 0 spiro atoms. The number of hydrogen-bond donors (Lipinski definition) is 2. The molecule has 0 aliphatic heterocycles. The average molecular weight is 516 g/mol. The monoisotopic (exact) mass is 515 g/mol. The third kappa shape index (κ3) is 7.67. The van der Waals surface area contributed by atoms with E-state index in [0.717, 1.165) is 22.6 Å². The number of carbonyl (C=O) groups is 2. The molecule has 0 saturated carbocycles. The molecule has 4 aromatic rings. The van der Waals surface area contributed by atoms with Gasteiger partial charge in [0.05, 0.1) is 18.9 Å². The Labute approximate surface area is 220 Å². The van der Waals surface area contributed by atoms with Gasteiger partial charge in [-0.15, -0.1) is 0 Å². The maximum Gasteiger partial charge on any atom is 0.360 e. The molecule has 4 rings (SSSR count). The molecule has 0 aliphatic carbocycles. The fourth-order valence-electron chi connectivity index (χ4n) is 3.86. The predicted octanol–water partition coefficient (Wildman–Crippen LogP) is 4.89. The second kappa shape index (κ2) is 13.0. The van der Waals surface area contributed by atoms with Gasteiger partial charge in [-0.25, -0.2) is 14.8 Å². The summed E-state index contributed by atoms with van der Waals surface area (Å²) in [5.74, 6) is -0.487. The lowest BCUT2D eigenvalue weighted by Crippen LogP contribution is -2.11. The molecule has 2 heterocycles. The predicted molar refractivity (Wildman–Crippen MR) is 140 cm³/mol. The van der Waals surface area contributed by atoms with E-state index in [1.165, 1.54) is 6.26 Å². The number of esters is 1. The minimum Gasteiger partial charge on any atom is -0.493 e. The second-order valence-electron chi connectivity index (χ2n) is 8.64. The molecule has 0 amide bonds.